The summed E-state index contributed by atoms with van der Waals surface area (Å²) in [4.78, 5) is 11.8. The standard InChI is InChI=1S/C18H28N2O5S/c1-12(2)10-14(20-26(23,24)13-8-6-5-7-9-13)15(21)16-18(3,4)11-25-17(22)19-16/h5-9,12,14-16,20-21H,10-11H2,1-4H3,(H,19,22)/t14-,15+,16+/m0/s1. The van der Waals surface area contributed by atoms with Gasteiger partial charge in [-0.15, -0.1) is 0 Å². The molecule has 0 unspecified atom stereocenters. The molecule has 0 saturated carbocycles. The van der Waals surface area contributed by atoms with Crippen LogP contribution in [0.4, 0.5) is 4.79 Å². The first-order valence-electron chi connectivity index (χ1n) is 8.71. The van der Waals surface area contributed by atoms with Crippen molar-refractivity contribution in [2.75, 3.05) is 6.61 Å². The van der Waals surface area contributed by atoms with Crippen LogP contribution in [-0.4, -0.2) is 44.4 Å². The zero-order valence-electron chi connectivity index (χ0n) is 15.6. The van der Waals surface area contributed by atoms with Crippen LogP contribution in [0.5, 0.6) is 0 Å². The zero-order valence-corrected chi connectivity index (χ0v) is 16.4. The van der Waals surface area contributed by atoms with Crippen molar-refractivity contribution in [3.63, 3.8) is 0 Å². The molecule has 0 bridgehead atoms. The van der Waals surface area contributed by atoms with Gasteiger partial charge in [0.15, 0.2) is 0 Å². The minimum atomic E-state index is -3.79. The average molecular weight is 384 g/mol. The first-order chi connectivity index (χ1) is 12.0. The van der Waals surface area contributed by atoms with Gasteiger partial charge in [-0.25, -0.2) is 17.9 Å². The largest absolute Gasteiger partial charge is 0.449 e. The molecule has 1 aromatic rings. The second kappa shape index (κ2) is 7.94. The summed E-state index contributed by atoms with van der Waals surface area (Å²) in [6.07, 6.45) is -1.28. The number of carbonyl (C=O) groups excluding carboxylic acids is 1. The average Bonchev–Trinajstić information content (AvgIpc) is 2.56. The minimum Gasteiger partial charge on any atom is -0.449 e. The third-order valence-corrected chi connectivity index (χ3v) is 6.04. The Morgan fingerprint density at radius 2 is 1.92 bits per heavy atom. The fourth-order valence-corrected chi connectivity index (χ4v) is 4.40. The molecule has 26 heavy (non-hydrogen) atoms. The summed E-state index contributed by atoms with van der Waals surface area (Å²) in [6, 6.07) is 6.64. The Hall–Kier alpha value is -1.64. The van der Waals surface area contributed by atoms with Crippen LogP contribution in [0.25, 0.3) is 0 Å². The van der Waals surface area contributed by atoms with Gasteiger partial charge in [-0.1, -0.05) is 45.9 Å². The number of sulfonamides is 1. The van der Waals surface area contributed by atoms with Crippen LogP contribution in [0.15, 0.2) is 35.2 Å². The highest BCUT2D eigenvalue weighted by Gasteiger charge is 2.44. The molecule has 7 nitrogen and oxygen atoms in total. The maximum atomic E-state index is 12.7. The zero-order chi connectivity index (χ0) is 19.5. The predicted molar refractivity (Wildman–Crippen MR) is 98.1 cm³/mol. The summed E-state index contributed by atoms with van der Waals surface area (Å²) in [7, 11) is -3.79. The number of nitrogens with one attached hydrogen (secondary N) is 2. The maximum absolute atomic E-state index is 12.7. The molecule has 146 valence electrons. The van der Waals surface area contributed by atoms with E-state index >= 15 is 0 Å². The summed E-state index contributed by atoms with van der Waals surface area (Å²) in [5, 5.41) is 13.6. The van der Waals surface area contributed by atoms with Crippen molar-refractivity contribution in [3.8, 4) is 0 Å². The van der Waals surface area contributed by atoms with E-state index in [1.54, 1.807) is 18.2 Å². The lowest BCUT2D eigenvalue weighted by Gasteiger charge is -2.43. The van der Waals surface area contributed by atoms with E-state index in [0.717, 1.165) is 0 Å². The van der Waals surface area contributed by atoms with Gasteiger partial charge in [-0.05, 0) is 24.5 Å². The molecule has 8 heteroatoms. The Labute approximate surface area is 155 Å². The topological polar surface area (TPSA) is 105 Å². The summed E-state index contributed by atoms with van der Waals surface area (Å²) in [5.74, 6) is 0.145. The van der Waals surface area contributed by atoms with Crippen LogP contribution >= 0.6 is 0 Å². The number of rotatable bonds is 7. The molecule has 1 fully saturated rings. The molecule has 2 rings (SSSR count). The van der Waals surface area contributed by atoms with E-state index in [-0.39, 0.29) is 17.4 Å². The van der Waals surface area contributed by atoms with E-state index in [9.17, 15) is 18.3 Å². The quantitative estimate of drug-likeness (QED) is 0.666. The van der Waals surface area contributed by atoms with Gasteiger partial charge in [-0.3, -0.25) is 0 Å². The highest BCUT2D eigenvalue weighted by atomic mass is 32.2. The van der Waals surface area contributed by atoms with Crippen LogP contribution in [0, 0.1) is 11.3 Å². The van der Waals surface area contributed by atoms with Crippen LogP contribution in [-0.2, 0) is 14.8 Å². The number of aliphatic hydroxyl groups is 1. The van der Waals surface area contributed by atoms with Crippen molar-refractivity contribution in [1.29, 1.82) is 0 Å². The molecule has 1 saturated heterocycles. The molecule has 1 aliphatic heterocycles. The van der Waals surface area contributed by atoms with Crippen molar-refractivity contribution in [2.45, 2.75) is 57.2 Å². The van der Waals surface area contributed by atoms with E-state index in [4.69, 9.17) is 4.74 Å². The fraction of sp³-hybridized carbons (Fsp3) is 0.611. The molecular weight excluding hydrogens is 356 g/mol. The highest BCUT2D eigenvalue weighted by molar-refractivity contribution is 7.89. The second-order valence-corrected chi connectivity index (χ2v) is 9.56. The van der Waals surface area contributed by atoms with Crippen LogP contribution in [0.1, 0.15) is 34.1 Å². The van der Waals surface area contributed by atoms with Gasteiger partial charge in [-0.2, -0.15) is 0 Å². The van der Waals surface area contributed by atoms with Crippen LogP contribution < -0.4 is 10.0 Å². The summed E-state index contributed by atoms with van der Waals surface area (Å²) >= 11 is 0. The van der Waals surface area contributed by atoms with E-state index in [1.165, 1.54) is 12.1 Å². The second-order valence-electron chi connectivity index (χ2n) is 7.85. The first-order valence-corrected chi connectivity index (χ1v) is 10.2. The SMILES string of the molecule is CC(C)C[C@H](NS(=O)(=O)c1ccccc1)[C@@H](O)[C@H]1NC(=O)OCC1(C)C. The predicted octanol–water partition coefficient (Wildman–Crippen LogP) is 1.88. The van der Waals surface area contributed by atoms with Crippen molar-refractivity contribution >= 4 is 16.1 Å². The lowest BCUT2D eigenvalue weighted by molar-refractivity contribution is -0.0236. The number of amides is 1. The molecule has 0 aliphatic carbocycles. The van der Waals surface area contributed by atoms with Gasteiger partial charge < -0.3 is 15.2 Å². The lowest BCUT2D eigenvalue weighted by atomic mass is 9.78. The Morgan fingerprint density at radius 1 is 1.31 bits per heavy atom. The van der Waals surface area contributed by atoms with Crippen LogP contribution in [0.3, 0.4) is 0 Å². The number of ether oxygens (including phenoxy) is 1. The molecule has 1 aliphatic rings. The third kappa shape index (κ3) is 4.96. The summed E-state index contributed by atoms with van der Waals surface area (Å²) in [5.41, 5.74) is -0.541. The number of cyclic esters (lactones) is 1. The van der Waals surface area contributed by atoms with Crippen LogP contribution in [0.2, 0.25) is 0 Å². The summed E-state index contributed by atoms with van der Waals surface area (Å²) < 4.78 is 33.0. The molecule has 3 atom stereocenters. The number of hydrogen-bond donors (Lipinski definition) is 3. The Balaban J connectivity index is 2.27. The minimum absolute atomic E-state index is 0.135. The molecule has 1 amide bonds. The van der Waals surface area contributed by atoms with Crippen molar-refractivity contribution in [3.05, 3.63) is 30.3 Å². The van der Waals surface area contributed by atoms with Gasteiger partial charge in [0.05, 0.1) is 23.1 Å². The van der Waals surface area contributed by atoms with E-state index in [1.807, 2.05) is 27.7 Å². The lowest BCUT2D eigenvalue weighted by Crippen LogP contribution is -2.63. The fourth-order valence-electron chi connectivity index (χ4n) is 3.12. The molecule has 0 radical (unpaired) electrons. The molecule has 0 spiro atoms. The molecular formula is C18H28N2O5S. The Bertz CT molecular complexity index is 718. The number of benzene rings is 1. The van der Waals surface area contributed by atoms with E-state index in [0.29, 0.717) is 6.42 Å². The molecule has 0 aromatic heterocycles. The van der Waals surface area contributed by atoms with Gasteiger partial charge >= 0.3 is 6.09 Å². The first kappa shape index (κ1) is 20.7. The Kier molecular flexibility index (Phi) is 6.31. The third-order valence-electron chi connectivity index (χ3n) is 4.53. The monoisotopic (exact) mass is 384 g/mol. The number of alkyl carbamates (subject to hydrolysis) is 1. The van der Waals surface area contributed by atoms with E-state index < -0.39 is 39.7 Å². The van der Waals surface area contributed by atoms with E-state index in [2.05, 4.69) is 10.0 Å². The van der Waals surface area contributed by atoms with Gasteiger partial charge in [0.1, 0.15) is 6.61 Å². The van der Waals surface area contributed by atoms with Crippen molar-refractivity contribution in [2.24, 2.45) is 11.3 Å². The highest BCUT2D eigenvalue weighted by Crippen LogP contribution is 2.29. The molecule has 1 aromatic carbocycles. The summed E-state index contributed by atoms with van der Waals surface area (Å²) in [6.45, 7) is 7.77. The normalized spacial score (nSPS) is 22.4. The van der Waals surface area contributed by atoms with Gasteiger partial charge in [0, 0.05) is 5.41 Å². The number of aliphatic hydroxyl groups excluding tert-OH is 1. The van der Waals surface area contributed by atoms with Crippen molar-refractivity contribution in [1.82, 2.24) is 10.0 Å². The van der Waals surface area contributed by atoms with Gasteiger partial charge in [0.25, 0.3) is 0 Å². The molecule has 1 heterocycles. The smallest absolute Gasteiger partial charge is 0.407 e. The van der Waals surface area contributed by atoms with Gasteiger partial charge in [0.2, 0.25) is 10.0 Å². The molecule has 3 N–H and O–H groups in total. The van der Waals surface area contributed by atoms with Crippen molar-refractivity contribution < 1.29 is 23.1 Å². The Morgan fingerprint density at radius 3 is 2.50 bits per heavy atom. The number of hydrogen-bond acceptors (Lipinski definition) is 5. The number of carbonyl (C=O) groups is 1. The maximum Gasteiger partial charge on any atom is 0.407 e.